The van der Waals surface area contributed by atoms with Crippen LogP contribution in [0.4, 0.5) is 0 Å². The predicted molar refractivity (Wildman–Crippen MR) is 107 cm³/mol. The van der Waals surface area contributed by atoms with Gasteiger partial charge in [0.2, 0.25) is 0 Å². The standard InChI is InChI=1S/C22H26N2O5/c1-15-8-10-16(11-9-15)20(26)23-12-18-19(25)22(2,14-29-18)13-24(28)21(27)17-6-4-3-5-7-17/h3-11,18-19,25,28H,12-14H2,1-2H3,(H,23,26)/t18-,19-,22-/m1/s1. The van der Waals surface area contributed by atoms with Gasteiger partial charge in [-0.3, -0.25) is 14.8 Å². The minimum atomic E-state index is -0.959. The van der Waals surface area contributed by atoms with Gasteiger partial charge in [0, 0.05) is 23.1 Å². The summed E-state index contributed by atoms with van der Waals surface area (Å²) >= 11 is 0. The molecule has 0 aliphatic carbocycles. The van der Waals surface area contributed by atoms with Gasteiger partial charge in [0.15, 0.2) is 0 Å². The second-order valence-electron chi connectivity index (χ2n) is 7.75. The molecule has 2 aromatic rings. The summed E-state index contributed by atoms with van der Waals surface area (Å²) in [5.41, 5.74) is 1.08. The molecule has 1 aliphatic rings. The van der Waals surface area contributed by atoms with Crippen molar-refractivity contribution in [2.24, 2.45) is 5.41 Å². The molecule has 7 nitrogen and oxygen atoms in total. The van der Waals surface area contributed by atoms with E-state index in [2.05, 4.69) is 5.32 Å². The lowest BCUT2D eigenvalue weighted by Crippen LogP contribution is -2.47. The van der Waals surface area contributed by atoms with Gasteiger partial charge >= 0.3 is 0 Å². The SMILES string of the molecule is Cc1ccc(C(=O)NC[C@H]2OC[C@@](C)(CN(O)C(=O)c3ccccc3)[C@@H]2O)cc1. The van der Waals surface area contributed by atoms with Crippen molar-refractivity contribution >= 4 is 11.8 Å². The first-order chi connectivity index (χ1) is 13.8. The first kappa shape index (κ1) is 21.0. The Morgan fingerprint density at radius 2 is 1.79 bits per heavy atom. The third-order valence-electron chi connectivity index (χ3n) is 5.24. The molecular formula is C22H26N2O5. The fraction of sp³-hybridized carbons (Fsp3) is 0.364. The number of nitrogens with one attached hydrogen (secondary N) is 1. The number of carbonyl (C=O) groups excluding carboxylic acids is 2. The molecule has 0 radical (unpaired) electrons. The average Bonchev–Trinajstić information content (AvgIpc) is 3.00. The van der Waals surface area contributed by atoms with Crippen LogP contribution >= 0.6 is 0 Å². The van der Waals surface area contributed by atoms with Crippen molar-refractivity contribution < 1.29 is 24.6 Å². The summed E-state index contributed by atoms with van der Waals surface area (Å²) in [6.45, 7) is 3.86. The van der Waals surface area contributed by atoms with E-state index in [1.54, 1.807) is 49.4 Å². The molecule has 7 heteroatoms. The zero-order valence-corrected chi connectivity index (χ0v) is 16.5. The van der Waals surface area contributed by atoms with Crippen molar-refractivity contribution in [1.29, 1.82) is 0 Å². The van der Waals surface area contributed by atoms with Crippen molar-refractivity contribution in [3.63, 3.8) is 0 Å². The van der Waals surface area contributed by atoms with Crippen LogP contribution in [0.2, 0.25) is 0 Å². The fourth-order valence-electron chi connectivity index (χ4n) is 3.38. The summed E-state index contributed by atoms with van der Waals surface area (Å²) in [4.78, 5) is 24.6. The number of nitrogens with zero attached hydrogens (tertiary/aromatic N) is 1. The maximum Gasteiger partial charge on any atom is 0.277 e. The predicted octanol–water partition coefficient (Wildman–Crippen LogP) is 2.02. The number of aliphatic hydroxyl groups is 1. The molecule has 154 valence electrons. The van der Waals surface area contributed by atoms with Crippen molar-refractivity contribution in [2.45, 2.75) is 26.1 Å². The Hall–Kier alpha value is -2.74. The van der Waals surface area contributed by atoms with E-state index in [-0.39, 0.29) is 25.6 Å². The van der Waals surface area contributed by atoms with Gasteiger partial charge in [-0.25, -0.2) is 5.06 Å². The number of aryl methyl sites for hydroxylation is 1. The Kier molecular flexibility index (Phi) is 6.32. The average molecular weight is 398 g/mol. The fourth-order valence-corrected chi connectivity index (χ4v) is 3.38. The van der Waals surface area contributed by atoms with Crippen molar-refractivity contribution in [3.8, 4) is 0 Å². The van der Waals surface area contributed by atoms with E-state index in [1.165, 1.54) is 0 Å². The van der Waals surface area contributed by atoms with Crippen LogP contribution in [0.25, 0.3) is 0 Å². The van der Waals surface area contributed by atoms with Crippen LogP contribution < -0.4 is 5.32 Å². The van der Waals surface area contributed by atoms with E-state index in [9.17, 15) is 19.9 Å². The van der Waals surface area contributed by atoms with Crippen LogP contribution in [0, 0.1) is 12.3 Å². The lowest BCUT2D eigenvalue weighted by atomic mass is 9.84. The van der Waals surface area contributed by atoms with E-state index in [0.717, 1.165) is 5.56 Å². The molecule has 0 bridgehead atoms. The topological polar surface area (TPSA) is 99.1 Å². The van der Waals surface area contributed by atoms with Gasteiger partial charge in [-0.15, -0.1) is 0 Å². The zero-order valence-electron chi connectivity index (χ0n) is 16.5. The van der Waals surface area contributed by atoms with E-state index >= 15 is 0 Å². The van der Waals surface area contributed by atoms with Crippen LogP contribution in [-0.4, -0.2) is 59.1 Å². The smallest absolute Gasteiger partial charge is 0.277 e. The summed E-state index contributed by atoms with van der Waals surface area (Å²) in [6, 6.07) is 15.6. The molecular weight excluding hydrogens is 372 g/mol. The first-order valence-corrected chi connectivity index (χ1v) is 9.50. The van der Waals surface area contributed by atoms with Crippen LogP contribution in [0.5, 0.6) is 0 Å². The maximum absolute atomic E-state index is 12.4. The molecule has 0 saturated carbocycles. The van der Waals surface area contributed by atoms with Gasteiger partial charge in [0.1, 0.15) is 6.10 Å². The molecule has 0 aromatic heterocycles. The van der Waals surface area contributed by atoms with Gasteiger partial charge in [-0.2, -0.15) is 0 Å². The summed E-state index contributed by atoms with van der Waals surface area (Å²) in [7, 11) is 0. The Morgan fingerprint density at radius 3 is 2.45 bits per heavy atom. The second kappa shape index (κ2) is 8.73. The quantitative estimate of drug-likeness (QED) is 0.511. The molecule has 3 rings (SSSR count). The molecule has 0 spiro atoms. The number of aliphatic hydroxyl groups excluding tert-OH is 1. The molecule has 2 amide bonds. The van der Waals surface area contributed by atoms with Gasteiger partial charge in [-0.1, -0.05) is 42.8 Å². The number of ether oxygens (including phenoxy) is 1. The summed E-state index contributed by atoms with van der Waals surface area (Å²) < 4.78 is 5.66. The highest BCUT2D eigenvalue weighted by Crippen LogP contribution is 2.33. The molecule has 1 aliphatic heterocycles. The first-order valence-electron chi connectivity index (χ1n) is 9.50. The normalized spacial score (nSPS) is 23.6. The molecule has 3 N–H and O–H groups in total. The largest absolute Gasteiger partial charge is 0.390 e. The highest BCUT2D eigenvalue weighted by molar-refractivity contribution is 5.94. The molecule has 1 fully saturated rings. The van der Waals surface area contributed by atoms with Crippen molar-refractivity contribution in [3.05, 3.63) is 71.3 Å². The van der Waals surface area contributed by atoms with Gasteiger partial charge in [-0.05, 0) is 31.2 Å². The second-order valence-corrected chi connectivity index (χ2v) is 7.75. The molecule has 1 heterocycles. The minimum Gasteiger partial charge on any atom is -0.390 e. The lowest BCUT2D eigenvalue weighted by Gasteiger charge is -2.31. The summed E-state index contributed by atoms with van der Waals surface area (Å²) in [5, 5.41) is 24.3. The highest BCUT2D eigenvalue weighted by Gasteiger charge is 2.47. The summed E-state index contributed by atoms with van der Waals surface area (Å²) in [6.07, 6.45) is -1.59. The van der Waals surface area contributed by atoms with Crippen LogP contribution in [-0.2, 0) is 4.74 Å². The molecule has 2 aromatic carbocycles. The number of benzene rings is 2. The Labute approximate surface area is 169 Å². The third kappa shape index (κ3) is 4.82. The van der Waals surface area contributed by atoms with E-state index < -0.39 is 23.5 Å². The third-order valence-corrected chi connectivity index (χ3v) is 5.24. The molecule has 1 saturated heterocycles. The van der Waals surface area contributed by atoms with Gasteiger partial charge in [0.05, 0.1) is 19.3 Å². The van der Waals surface area contributed by atoms with Crippen LogP contribution in [0.3, 0.4) is 0 Å². The monoisotopic (exact) mass is 398 g/mol. The van der Waals surface area contributed by atoms with Gasteiger partial charge in [0.25, 0.3) is 11.8 Å². The maximum atomic E-state index is 12.4. The van der Waals surface area contributed by atoms with Gasteiger partial charge < -0.3 is 15.2 Å². The van der Waals surface area contributed by atoms with Crippen molar-refractivity contribution in [1.82, 2.24) is 10.4 Å². The zero-order chi connectivity index (χ0) is 21.0. The Morgan fingerprint density at radius 1 is 1.14 bits per heavy atom. The Bertz CT molecular complexity index is 855. The number of hydrogen-bond acceptors (Lipinski definition) is 5. The number of amides is 2. The molecule has 3 atom stereocenters. The number of carbonyl (C=O) groups is 2. The summed E-state index contributed by atoms with van der Waals surface area (Å²) in [5.74, 6) is -0.799. The minimum absolute atomic E-state index is 0.0930. The van der Waals surface area contributed by atoms with E-state index in [4.69, 9.17) is 4.74 Å². The molecule has 29 heavy (non-hydrogen) atoms. The molecule has 0 unspecified atom stereocenters. The van der Waals surface area contributed by atoms with Crippen LogP contribution in [0.15, 0.2) is 54.6 Å². The van der Waals surface area contributed by atoms with Crippen LogP contribution in [0.1, 0.15) is 33.2 Å². The number of hydrogen-bond donors (Lipinski definition) is 3. The van der Waals surface area contributed by atoms with E-state index in [0.29, 0.717) is 16.2 Å². The number of hydroxylamine groups is 2. The highest BCUT2D eigenvalue weighted by atomic mass is 16.5. The Balaban J connectivity index is 1.56. The number of rotatable bonds is 6. The van der Waals surface area contributed by atoms with E-state index in [1.807, 2.05) is 19.1 Å². The lowest BCUT2D eigenvalue weighted by molar-refractivity contribution is -0.0940. The van der Waals surface area contributed by atoms with Crippen molar-refractivity contribution in [2.75, 3.05) is 19.7 Å².